The number of aliphatic imine (C=N–C) groups is 1. The molecule has 0 spiro atoms. The Balaban J connectivity index is 0.00000182. The third-order valence-electron chi connectivity index (χ3n) is 5.60. The van der Waals surface area contributed by atoms with Crippen LogP contribution in [0.1, 0.15) is 44.6 Å². The predicted molar refractivity (Wildman–Crippen MR) is 116 cm³/mol. The zero-order chi connectivity index (χ0) is 16.6. The van der Waals surface area contributed by atoms with Gasteiger partial charge in [-0.15, -0.1) is 24.0 Å². The van der Waals surface area contributed by atoms with Crippen molar-refractivity contribution in [3.05, 3.63) is 34.3 Å². The number of fused-ring (bicyclic) bond motifs is 2. The Bertz CT molecular complexity index is 635. The van der Waals surface area contributed by atoms with Gasteiger partial charge in [-0.1, -0.05) is 28.1 Å². The fourth-order valence-corrected chi connectivity index (χ4v) is 4.42. The summed E-state index contributed by atoms with van der Waals surface area (Å²) in [5.74, 6) is 0.944. The van der Waals surface area contributed by atoms with Gasteiger partial charge < -0.3 is 15.4 Å². The maximum Gasteiger partial charge on any atom is 0.191 e. The summed E-state index contributed by atoms with van der Waals surface area (Å²) in [7, 11) is 0. The van der Waals surface area contributed by atoms with Crippen LogP contribution < -0.4 is 10.6 Å². The lowest BCUT2D eigenvalue weighted by atomic mass is 9.95. The third-order valence-corrected chi connectivity index (χ3v) is 6.10. The van der Waals surface area contributed by atoms with Crippen molar-refractivity contribution >= 4 is 45.9 Å². The Morgan fingerprint density at radius 3 is 2.80 bits per heavy atom. The van der Waals surface area contributed by atoms with Crippen LogP contribution in [0.25, 0.3) is 0 Å². The van der Waals surface area contributed by atoms with Crippen molar-refractivity contribution in [3.63, 3.8) is 0 Å². The average Bonchev–Trinajstić information content (AvgIpc) is 3.09. The monoisotopic (exact) mass is 519 g/mol. The quantitative estimate of drug-likeness (QED) is 0.351. The molecule has 0 radical (unpaired) electrons. The molecule has 2 aliphatic heterocycles. The second kappa shape index (κ2) is 8.13. The Hall–Kier alpha value is -0.340. The van der Waals surface area contributed by atoms with E-state index in [1.807, 2.05) is 0 Å². The molecule has 1 aromatic carbocycles. The number of halogens is 2. The zero-order valence-corrected chi connectivity index (χ0v) is 18.5. The minimum atomic E-state index is 0. The van der Waals surface area contributed by atoms with Gasteiger partial charge in [-0.2, -0.15) is 0 Å². The third kappa shape index (κ3) is 4.33. The van der Waals surface area contributed by atoms with Gasteiger partial charge in [0.2, 0.25) is 0 Å². The highest BCUT2D eigenvalue weighted by molar-refractivity contribution is 14.0. The summed E-state index contributed by atoms with van der Waals surface area (Å²) in [6.07, 6.45) is 6.82. The molecule has 0 aromatic heterocycles. The first-order valence-electron chi connectivity index (χ1n) is 9.15. The van der Waals surface area contributed by atoms with Crippen LogP contribution in [0, 0.1) is 0 Å². The van der Waals surface area contributed by atoms with Crippen molar-refractivity contribution in [1.29, 1.82) is 0 Å². The highest BCUT2D eigenvalue weighted by Gasteiger charge is 2.44. The van der Waals surface area contributed by atoms with Crippen molar-refractivity contribution in [2.45, 2.75) is 62.7 Å². The molecule has 2 bridgehead atoms. The van der Waals surface area contributed by atoms with E-state index in [-0.39, 0.29) is 29.4 Å². The first kappa shape index (κ1) is 19.4. The molecule has 6 heteroatoms. The predicted octanol–water partition coefficient (Wildman–Crippen LogP) is 3.97. The molecule has 1 aliphatic carbocycles. The van der Waals surface area contributed by atoms with Crippen LogP contribution in [0.4, 0.5) is 0 Å². The molecule has 25 heavy (non-hydrogen) atoms. The SMILES string of the molecule is CCNC(=NCC1(c2cccc(Br)c2)CC1)NC1CC2CCC1O2.I. The lowest BCUT2D eigenvalue weighted by molar-refractivity contribution is 0.0992. The smallest absolute Gasteiger partial charge is 0.191 e. The molecule has 138 valence electrons. The number of benzene rings is 1. The minimum Gasteiger partial charge on any atom is -0.373 e. The van der Waals surface area contributed by atoms with E-state index < -0.39 is 0 Å². The highest BCUT2D eigenvalue weighted by atomic mass is 127. The fraction of sp³-hybridized carbons (Fsp3) is 0.632. The van der Waals surface area contributed by atoms with E-state index in [0.29, 0.717) is 18.2 Å². The van der Waals surface area contributed by atoms with Crippen LogP contribution in [0.5, 0.6) is 0 Å². The maximum atomic E-state index is 5.95. The van der Waals surface area contributed by atoms with Gasteiger partial charge in [0, 0.05) is 16.4 Å². The number of hydrogen-bond donors (Lipinski definition) is 2. The molecule has 2 heterocycles. The van der Waals surface area contributed by atoms with E-state index in [0.717, 1.165) is 29.9 Å². The van der Waals surface area contributed by atoms with Gasteiger partial charge >= 0.3 is 0 Å². The summed E-state index contributed by atoms with van der Waals surface area (Å²) in [6.45, 7) is 3.85. The van der Waals surface area contributed by atoms with Crippen molar-refractivity contribution < 1.29 is 4.74 Å². The summed E-state index contributed by atoms with van der Waals surface area (Å²) in [5.41, 5.74) is 1.64. The number of ether oxygens (including phenoxy) is 1. The fourth-order valence-electron chi connectivity index (χ4n) is 4.02. The van der Waals surface area contributed by atoms with Crippen LogP contribution in [0.15, 0.2) is 33.7 Å². The first-order chi connectivity index (χ1) is 11.7. The number of rotatable bonds is 5. The average molecular weight is 520 g/mol. The summed E-state index contributed by atoms with van der Waals surface area (Å²) in [6, 6.07) is 9.11. The number of nitrogens with one attached hydrogen (secondary N) is 2. The molecule has 3 aliphatic rings. The largest absolute Gasteiger partial charge is 0.373 e. The molecule has 4 nitrogen and oxygen atoms in total. The van der Waals surface area contributed by atoms with E-state index in [1.165, 1.54) is 31.2 Å². The Morgan fingerprint density at radius 2 is 2.20 bits per heavy atom. The highest BCUT2D eigenvalue weighted by Crippen LogP contribution is 2.48. The molecule has 1 aromatic rings. The molecule has 2 saturated heterocycles. The normalized spacial score (nSPS) is 29.2. The number of nitrogens with zero attached hydrogens (tertiary/aromatic N) is 1. The lowest BCUT2D eigenvalue weighted by Gasteiger charge is -2.23. The van der Waals surface area contributed by atoms with Gasteiger partial charge in [-0.05, 0) is 56.7 Å². The van der Waals surface area contributed by atoms with Crippen molar-refractivity contribution in [2.24, 2.45) is 4.99 Å². The van der Waals surface area contributed by atoms with E-state index >= 15 is 0 Å². The summed E-state index contributed by atoms with van der Waals surface area (Å²) >= 11 is 3.59. The van der Waals surface area contributed by atoms with Crippen LogP contribution in [-0.2, 0) is 10.2 Å². The van der Waals surface area contributed by atoms with Gasteiger partial charge in [-0.3, -0.25) is 4.99 Å². The Labute approximate surface area is 175 Å². The molecule has 0 amide bonds. The molecule has 4 rings (SSSR count). The summed E-state index contributed by atoms with van der Waals surface area (Å²) in [5, 5.41) is 7.02. The Kier molecular flexibility index (Phi) is 6.31. The van der Waals surface area contributed by atoms with Crippen molar-refractivity contribution in [3.8, 4) is 0 Å². The van der Waals surface area contributed by atoms with Gasteiger partial charge in [0.15, 0.2) is 5.96 Å². The van der Waals surface area contributed by atoms with Crippen molar-refractivity contribution in [1.82, 2.24) is 10.6 Å². The Morgan fingerprint density at radius 1 is 1.36 bits per heavy atom. The van der Waals surface area contributed by atoms with Gasteiger partial charge in [0.1, 0.15) is 0 Å². The zero-order valence-electron chi connectivity index (χ0n) is 14.6. The molecule has 3 fully saturated rings. The topological polar surface area (TPSA) is 45.7 Å². The van der Waals surface area contributed by atoms with E-state index in [9.17, 15) is 0 Å². The second-order valence-electron chi connectivity index (χ2n) is 7.35. The van der Waals surface area contributed by atoms with Crippen molar-refractivity contribution in [2.75, 3.05) is 13.1 Å². The minimum absolute atomic E-state index is 0. The standard InChI is InChI=1S/C19H26BrN3O.HI/c1-2-21-18(23-16-11-15-6-7-17(16)24-15)22-12-19(8-9-19)13-4-3-5-14(20)10-13;/h3-5,10,15-17H,2,6-9,11-12H2,1H3,(H2,21,22,23);1H. The second-order valence-corrected chi connectivity index (χ2v) is 8.26. The molecule has 2 N–H and O–H groups in total. The first-order valence-corrected chi connectivity index (χ1v) is 9.94. The lowest BCUT2D eigenvalue weighted by Crippen LogP contribution is -2.47. The maximum absolute atomic E-state index is 5.95. The van der Waals surface area contributed by atoms with E-state index in [4.69, 9.17) is 9.73 Å². The van der Waals surface area contributed by atoms with Crippen LogP contribution >= 0.6 is 39.9 Å². The molecular formula is C19H27BrIN3O. The molecule has 1 saturated carbocycles. The molecule has 3 atom stereocenters. The van der Waals surface area contributed by atoms with E-state index in [1.54, 1.807) is 0 Å². The molecular weight excluding hydrogens is 493 g/mol. The van der Waals surface area contributed by atoms with E-state index in [2.05, 4.69) is 57.8 Å². The van der Waals surface area contributed by atoms with Gasteiger partial charge in [-0.25, -0.2) is 0 Å². The summed E-state index contributed by atoms with van der Waals surface area (Å²) in [4.78, 5) is 4.92. The number of hydrogen-bond acceptors (Lipinski definition) is 2. The summed E-state index contributed by atoms with van der Waals surface area (Å²) < 4.78 is 7.11. The van der Waals surface area contributed by atoms with Gasteiger partial charge in [0.05, 0.1) is 24.8 Å². The van der Waals surface area contributed by atoms with Crippen LogP contribution in [0.3, 0.4) is 0 Å². The van der Waals surface area contributed by atoms with Crippen LogP contribution in [0.2, 0.25) is 0 Å². The van der Waals surface area contributed by atoms with Crippen LogP contribution in [-0.4, -0.2) is 37.3 Å². The number of guanidine groups is 1. The molecule has 3 unspecified atom stereocenters. The van der Waals surface area contributed by atoms with Gasteiger partial charge in [0.25, 0.3) is 0 Å².